The lowest BCUT2D eigenvalue weighted by Gasteiger charge is -2.50. The van der Waals surface area contributed by atoms with Gasteiger partial charge in [0.15, 0.2) is 0 Å². The van der Waals surface area contributed by atoms with Crippen molar-refractivity contribution in [1.82, 2.24) is 25.3 Å². The molecule has 3 aliphatic heterocycles. The molecule has 2 N–H and O–H groups in total. The number of nitrogens with zero attached hydrogens (tertiary/aromatic N) is 3. The number of ether oxygens (including phenoxy) is 1. The quantitative estimate of drug-likeness (QED) is 0.697. The molecule has 0 saturated carbocycles. The smallest absolute Gasteiger partial charge is 0.327 e. The van der Waals surface area contributed by atoms with E-state index in [1.165, 1.54) is 18.8 Å². The summed E-state index contributed by atoms with van der Waals surface area (Å²) < 4.78 is 5.33. The van der Waals surface area contributed by atoms with Crippen LogP contribution in [-0.4, -0.2) is 90.2 Å². The van der Waals surface area contributed by atoms with E-state index in [9.17, 15) is 14.4 Å². The van der Waals surface area contributed by atoms with Gasteiger partial charge in [0.05, 0.1) is 42.6 Å². The van der Waals surface area contributed by atoms with Crippen LogP contribution < -0.4 is 10.6 Å². The summed E-state index contributed by atoms with van der Waals surface area (Å²) in [5.41, 5.74) is 2.16. The molecular weight excluding hydrogens is 418 g/mol. The number of imide groups is 1. The molecule has 4 rings (SSSR count). The summed E-state index contributed by atoms with van der Waals surface area (Å²) in [4.78, 5) is 42.9. The second-order valence-corrected chi connectivity index (χ2v) is 9.24. The number of benzene rings is 1. The molecule has 4 unspecified atom stereocenters. The molecule has 1 aromatic carbocycles. The predicted molar refractivity (Wildman–Crippen MR) is 117 cm³/mol. The Balaban J connectivity index is 1.57. The van der Waals surface area contributed by atoms with Gasteiger partial charge >= 0.3 is 6.03 Å². The van der Waals surface area contributed by atoms with Crippen molar-refractivity contribution >= 4 is 29.6 Å². The Morgan fingerprint density at radius 2 is 1.87 bits per heavy atom. The highest BCUT2D eigenvalue weighted by Crippen LogP contribution is 2.35. The standard InChI is InChI=1S/C21H29N5O4S/c1-13-6-4-5-7-14(13)17-22-18-16(20(28)25(3)21(29)24(18)2)19(23-17)31-12-15(27)26-8-10-30-11-9-26/h4-7,16-19,22-23H,8-12H2,1-3H3. The first-order valence-corrected chi connectivity index (χ1v) is 11.5. The molecule has 0 aromatic heterocycles. The number of hydrogen-bond donors (Lipinski definition) is 2. The first-order chi connectivity index (χ1) is 14.9. The molecule has 168 valence electrons. The van der Waals surface area contributed by atoms with Crippen LogP contribution in [0.1, 0.15) is 17.3 Å². The number of carbonyl (C=O) groups excluding carboxylic acids is 3. The number of carbonyl (C=O) groups is 3. The van der Waals surface area contributed by atoms with E-state index < -0.39 is 12.1 Å². The second kappa shape index (κ2) is 9.15. The number of rotatable bonds is 4. The molecule has 3 heterocycles. The molecule has 4 atom stereocenters. The Hall–Kier alpha value is -2.14. The lowest BCUT2D eigenvalue weighted by atomic mass is 9.95. The predicted octanol–water partition coefficient (Wildman–Crippen LogP) is 0.571. The largest absolute Gasteiger partial charge is 0.378 e. The van der Waals surface area contributed by atoms with Crippen LogP contribution in [0.3, 0.4) is 0 Å². The Labute approximate surface area is 186 Å². The Morgan fingerprint density at radius 1 is 1.16 bits per heavy atom. The van der Waals surface area contributed by atoms with Crippen LogP contribution in [0.2, 0.25) is 0 Å². The molecule has 3 fully saturated rings. The maximum atomic E-state index is 13.1. The summed E-state index contributed by atoms with van der Waals surface area (Å²) >= 11 is 1.43. The van der Waals surface area contributed by atoms with E-state index in [-0.39, 0.29) is 35.1 Å². The third-order valence-electron chi connectivity index (χ3n) is 6.21. The Kier molecular flexibility index (Phi) is 6.52. The Morgan fingerprint density at radius 3 is 2.58 bits per heavy atom. The monoisotopic (exact) mass is 447 g/mol. The van der Waals surface area contributed by atoms with E-state index in [0.29, 0.717) is 26.3 Å². The van der Waals surface area contributed by atoms with Gasteiger partial charge in [-0.25, -0.2) is 4.79 Å². The zero-order valence-electron chi connectivity index (χ0n) is 18.0. The average molecular weight is 448 g/mol. The van der Waals surface area contributed by atoms with Gasteiger partial charge in [-0.05, 0) is 18.1 Å². The summed E-state index contributed by atoms with van der Waals surface area (Å²) in [6.07, 6.45) is -0.706. The van der Waals surface area contributed by atoms with Gasteiger partial charge < -0.3 is 14.5 Å². The highest BCUT2D eigenvalue weighted by Gasteiger charge is 2.51. The van der Waals surface area contributed by atoms with Crippen molar-refractivity contribution in [3.05, 3.63) is 35.4 Å². The number of morpholine rings is 1. The van der Waals surface area contributed by atoms with Gasteiger partial charge in [-0.1, -0.05) is 24.3 Å². The fourth-order valence-electron chi connectivity index (χ4n) is 4.35. The SMILES string of the molecule is Cc1ccccc1C1NC(SCC(=O)N2CCOCC2)C2C(=O)N(C)C(=O)N(C)C2N1. The molecular formula is C21H29N5O4S. The second-order valence-electron chi connectivity index (χ2n) is 8.11. The van der Waals surface area contributed by atoms with Gasteiger partial charge in [0.1, 0.15) is 0 Å². The van der Waals surface area contributed by atoms with Crippen LogP contribution in [0.25, 0.3) is 0 Å². The molecule has 0 aliphatic carbocycles. The molecule has 4 amide bonds. The third kappa shape index (κ3) is 4.30. The van der Waals surface area contributed by atoms with Gasteiger partial charge in [0.25, 0.3) is 0 Å². The number of thioether (sulfide) groups is 1. The number of aryl methyl sites for hydroxylation is 1. The lowest BCUT2D eigenvalue weighted by Crippen LogP contribution is -2.72. The minimum Gasteiger partial charge on any atom is -0.378 e. The molecule has 3 saturated heterocycles. The normalized spacial score (nSPS) is 29.2. The first kappa shape index (κ1) is 22.1. The summed E-state index contributed by atoms with van der Waals surface area (Å²) in [7, 11) is 3.21. The molecule has 0 radical (unpaired) electrons. The highest BCUT2D eigenvalue weighted by molar-refractivity contribution is 8.00. The molecule has 3 aliphatic rings. The number of urea groups is 1. The maximum absolute atomic E-state index is 13.1. The van der Waals surface area contributed by atoms with Crippen LogP contribution in [0.15, 0.2) is 24.3 Å². The minimum atomic E-state index is -0.504. The lowest BCUT2D eigenvalue weighted by molar-refractivity contribution is -0.140. The third-order valence-corrected chi connectivity index (χ3v) is 7.41. The summed E-state index contributed by atoms with van der Waals surface area (Å²) in [5, 5.41) is 6.64. The summed E-state index contributed by atoms with van der Waals surface area (Å²) in [6, 6.07) is 7.67. The first-order valence-electron chi connectivity index (χ1n) is 10.5. The van der Waals surface area contributed by atoms with Crippen LogP contribution in [0.5, 0.6) is 0 Å². The van der Waals surface area contributed by atoms with Crippen molar-refractivity contribution in [3.8, 4) is 0 Å². The molecule has 0 bridgehead atoms. The average Bonchev–Trinajstić information content (AvgIpc) is 2.80. The minimum absolute atomic E-state index is 0.0404. The van der Waals surface area contributed by atoms with Crippen LogP contribution >= 0.6 is 11.8 Å². The zero-order chi connectivity index (χ0) is 22.1. The van der Waals surface area contributed by atoms with E-state index in [2.05, 4.69) is 10.6 Å². The molecule has 1 aromatic rings. The number of fused-ring (bicyclic) bond motifs is 1. The molecule has 10 heteroatoms. The van der Waals surface area contributed by atoms with E-state index in [0.717, 1.165) is 16.0 Å². The van der Waals surface area contributed by atoms with Crippen molar-refractivity contribution in [2.45, 2.75) is 24.6 Å². The van der Waals surface area contributed by atoms with Crippen molar-refractivity contribution < 1.29 is 19.1 Å². The van der Waals surface area contributed by atoms with Crippen molar-refractivity contribution in [1.29, 1.82) is 0 Å². The van der Waals surface area contributed by atoms with E-state index in [4.69, 9.17) is 4.74 Å². The van der Waals surface area contributed by atoms with E-state index in [1.807, 2.05) is 31.2 Å². The number of amides is 4. The zero-order valence-corrected chi connectivity index (χ0v) is 18.9. The van der Waals surface area contributed by atoms with Crippen LogP contribution in [0, 0.1) is 12.8 Å². The number of hydrogen-bond acceptors (Lipinski definition) is 7. The maximum Gasteiger partial charge on any atom is 0.327 e. The van der Waals surface area contributed by atoms with Gasteiger partial charge in [0, 0.05) is 27.2 Å². The fourth-order valence-corrected chi connectivity index (χ4v) is 5.56. The molecule has 0 spiro atoms. The highest BCUT2D eigenvalue weighted by atomic mass is 32.2. The van der Waals surface area contributed by atoms with Crippen molar-refractivity contribution in [3.63, 3.8) is 0 Å². The van der Waals surface area contributed by atoms with E-state index >= 15 is 0 Å². The van der Waals surface area contributed by atoms with Crippen molar-refractivity contribution in [2.75, 3.05) is 46.2 Å². The van der Waals surface area contributed by atoms with Crippen LogP contribution in [0.4, 0.5) is 4.79 Å². The molecule has 9 nitrogen and oxygen atoms in total. The van der Waals surface area contributed by atoms with Gasteiger partial charge in [-0.2, -0.15) is 0 Å². The molecule has 31 heavy (non-hydrogen) atoms. The van der Waals surface area contributed by atoms with Gasteiger partial charge in [0.2, 0.25) is 11.8 Å². The van der Waals surface area contributed by atoms with Crippen molar-refractivity contribution in [2.24, 2.45) is 5.92 Å². The fraction of sp³-hybridized carbons (Fsp3) is 0.571. The summed E-state index contributed by atoms with van der Waals surface area (Å²) in [5.74, 6) is -0.447. The van der Waals surface area contributed by atoms with Gasteiger partial charge in [-0.3, -0.25) is 25.1 Å². The van der Waals surface area contributed by atoms with Gasteiger partial charge in [-0.15, -0.1) is 11.8 Å². The van der Waals surface area contributed by atoms with E-state index in [1.54, 1.807) is 16.8 Å². The summed E-state index contributed by atoms with van der Waals surface area (Å²) in [6.45, 7) is 4.33. The number of nitrogens with one attached hydrogen (secondary N) is 2. The van der Waals surface area contributed by atoms with Crippen LogP contribution in [-0.2, 0) is 14.3 Å². The topological polar surface area (TPSA) is 94.2 Å². The Bertz CT molecular complexity index is 862.